The molecule has 6 heteroatoms. The molecule has 0 aliphatic carbocycles. The number of aryl methyl sites for hydroxylation is 1. The molecule has 0 atom stereocenters. The Morgan fingerprint density at radius 3 is 2.58 bits per heavy atom. The second kappa shape index (κ2) is 4.89. The molecule has 1 aromatic heterocycles. The normalized spacial score (nSPS) is 11.3. The van der Waals surface area contributed by atoms with Crippen molar-refractivity contribution in [2.24, 2.45) is 0 Å². The third kappa shape index (κ3) is 2.85. The molecule has 0 aliphatic heterocycles. The Kier molecular flexibility index (Phi) is 3.44. The van der Waals surface area contributed by atoms with Crippen molar-refractivity contribution in [2.45, 2.75) is 11.8 Å². The van der Waals surface area contributed by atoms with Crippen molar-refractivity contribution in [1.29, 1.82) is 0 Å². The van der Waals surface area contributed by atoms with Crippen LogP contribution in [-0.4, -0.2) is 19.7 Å². The van der Waals surface area contributed by atoms with Crippen molar-refractivity contribution in [3.8, 4) is 11.6 Å². The first-order valence-electron chi connectivity index (χ1n) is 5.57. The van der Waals surface area contributed by atoms with E-state index >= 15 is 0 Å². The molecule has 0 aliphatic rings. The van der Waals surface area contributed by atoms with E-state index < -0.39 is 9.84 Å². The fourth-order valence-electron chi connectivity index (χ4n) is 1.65. The lowest BCUT2D eigenvalue weighted by Crippen LogP contribution is -2.03. The topological polar surface area (TPSA) is 82.3 Å². The van der Waals surface area contributed by atoms with Crippen LogP contribution in [0.15, 0.2) is 41.4 Å². The zero-order chi connectivity index (χ0) is 14.0. The maximum Gasteiger partial charge on any atom is 0.238 e. The van der Waals surface area contributed by atoms with Gasteiger partial charge in [0.2, 0.25) is 5.88 Å². The van der Waals surface area contributed by atoms with Gasteiger partial charge in [-0.05, 0) is 30.7 Å². The highest BCUT2D eigenvalue weighted by atomic mass is 32.2. The summed E-state index contributed by atoms with van der Waals surface area (Å²) in [6.07, 6.45) is 2.58. The van der Waals surface area contributed by atoms with Gasteiger partial charge < -0.3 is 10.5 Å². The molecule has 0 amide bonds. The van der Waals surface area contributed by atoms with Crippen molar-refractivity contribution in [3.63, 3.8) is 0 Å². The number of rotatable bonds is 3. The third-order valence-electron chi connectivity index (χ3n) is 2.58. The van der Waals surface area contributed by atoms with Crippen LogP contribution in [0.1, 0.15) is 5.56 Å². The molecule has 0 fully saturated rings. The summed E-state index contributed by atoms with van der Waals surface area (Å²) in [6, 6.07) is 8.31. The molecule has 2 aromatic rings. The molecule has 2 rings (SSSR count). The first kappa shape index (κ1) is 13.4. The van der Waals surface area contributed by atoms with Crippen LogP contribution in [0.4, 0.5) is 5.69 Å². The summed E-state index contributed by atoms with van der Waals surface area (Å²) in [5.41, 5.74) is 7.07. The van der Waals surface area contributed by atoms with Gasteiger partial charge in [-0.1, -0.05) is 12.1 Å². The Hall–Kier alpha value is -2.08. The molecule has 0 radical (unpaired) electrons. The molecule has 0 spiro atoms. The minimum atomic E-state index is -3.41. The Balaban J connectivity index is 2.51. The number of sulfone groups is 1. The number of benzene rings is 1. The van der Waals surface area contributed by atoms with Gasteiger partial charge in [0.1, 0.15) is 4.90 Å². The summed E-state index contributed by atoms with van der Waals surface area (Å²) in [4.78, 5) is 4.01. The molecular weight excluding hydrogens is 264 g/mol. The highest BCUT2D eigenvalue weighted by Gasteiger charge is 2.17. The Labute approximate surface area is 112 Å². The SMILES string of the molecule is Cc1cccc(N)c1Oc1ncccc1S(C)(=O)=O. The standard InChI is InChI=1S/C13H14N2O3S/c1-9-5-3-6-10(14)12(9)18-13-11(19(2,16)17)7-4-8-15-13/h3-8H,14H2,1-2H3. The smallest absolute Gasteiger partial charge is 0.238 e. The molecule has 1 aromatic carbocycles. The number of ether oxygens (including phenoxy) is 1. The summed E-state index contributed by atoms with van der Waals surface area (Å²) >= 11 is 0. The summed E-state index contributed by atoms with van der Waals surface area (Å²) in [6.45, 7) is 1.83. The minimum absolute atomic E-state index is 0.0333. The fraction of sp³-hybridized carbons (Fsp3) is 0.154. The second-order valence-corrected chi connectivity index (χ2v) is 6.16. The van der Waals surface area contributed by atoms with Gasteiger partial charge in [-0.15, -0.1) is 0 Å². The van der Waals surface area contributed by atoms with E-state index in [0.29, 0.717) is 11.4 Å². The van der Waals surface area contributed by atoms with Crippen molar-refractivity contribution < 1.29 is 13.2 Å². The minimum Gasteiger partial charge on any atom is -0.435 e. The van der Waals surface area contributed by atoms with E-state index in [2.05, 4.69) is 4.98 Å². The summed E-state index contributed by atoms with van der Waals surface area (Å²) < 4.78 is 28.9. The van der Waals surface area contributed by atoms with Crippen LogP contribution in [0.2, 0.25) is 0 Å². The lowest BCUT2D eigenvalue weighted by atomic mass is 10.2. The largest absolute Gasteiger partial charge is 0.435 e. The van der Waals surface area contributed by atoms with Crippen LogP contribution in [-0.2, 0) is 9.84 Å². The van der Waals surface area contributed by atoms with Gasteiger partial charge in [-0.2, -0.15) is 0 Å². The molecular formula is C13H14N2O3S. The first-order chi connectivity index (χ1) is 8.89. The van der Waals surface area contributed by atoms with Crippen molar-refractivity contribution in [3.05, 3.63) is 42.1 Å². The van der Waals surface area contributed by atoms with Crippen molar-refractivity contribution >= 4 is 15.5 Å². The van der Waals surface area contributed by atoms with Crippen LogP contribution in [0, 0.1) is 6.92 Å². The number of nitrogens with zero attached hydrogens (tertiary/aromatic N) is 1. The van der Waals surface area contributed by atoms with Gasteiger partial charge in [-0.25, -0.2) is 13.4 Å². The lowest BCUT2D eigenvalue weighted by Gasteiger charge is -2.12. The fourth-order valence-corrected chi connectivity index (χ4v) is 2.38. The van der Waals surface area contributed by atoms with Gasteiger partial charge >= 0.3 is 0 Å². The van der Waals surface area contributed by atoms with E-state index in [1.807, 2.05) is 13.0 Å². The monoisotopic (exact) mass is 278 g/mol. The number of hydrogen-bond donors (Lipinski definition) is 1. The van der Waals surface area contributed by atoms with E-state index in [0.717, 1.165) is 11.8 Å². The molecule has 0 saturated heterocycles. The number of nitrogen functional groups attached to an aromatic ring is 1. The van der Waals surface area contributed by atoms with Gasteiger partial charge in [0.25, 0.3) is 0 Å². The molecule has 100 valence electrons. The highest BCUT2D eigenvalue weighted by Crippen LogP contribution is 2.32. The zero-order valence-electron chi connectivity index (χ0n) is 10.6. The second-order valence-electron chi connectivity index (χ2n) is 4.17. The van der Waals surface area contributed by atoms with E-state index in [9.17, 15) is 8.42 Å². The maximum atomic E-state index is 11.7. The lowest BCUT2D eigenvalue weighted by molar-refractivity contribution is 0.446. The number of pyridine rings is 1. The predicted octanol–water partition coefficient (Wildman–Crippen LogP) is 2.17. The van der Waals surface area contributed by atoms with Crippen molar-refractivity contribution in [1.82, 2.24) is 4.98 Å². The quantitative estimate of drug-likeness (QED) is 0.870. The number of anilines is 1. The molecule has 5 nitrogen and oxygen atoms in total. The maximum absolute atomic E-state index is 11.7. The van der Waals surface area contributed by atoms with Gasteiger partial charge in [0.15, 0.2) is 15.6 Å². The predicted molar refractivity (Wildman–Crippen MR) is 73.0 cm³/mol. The average molecular weight is 278 g/mol. The van der Waals surface area contributed by atoms with E-state index in [4.69, 9.17) is 10.5 Å². The van der Waals surface area contributed by atoms with Crippen LogP contribution in [0.5, 0.6) is 11.6 Å². The van der Waals surface area contributed by atoms with Crippen molar-refractivity contribution in [2.75, 3.05) is 12.0 Å². The molecule has 0 unspecified atom stereocenters. The van der Waals surface area contributed by atoms with Crippen LogP contribution >= 0.6 is 0 Å². The summed E-state index contributed by atoms with van der Waals surface area (Å²) in [5, 5.41) is 0. The highest BCUT2D eigenvalue weighted by molar-refractivity contribution is 7.90. The molecule has 19 heavy (non-hydrogen) atoms. The van der Waals surface area contributed by atoms with E-state index in [1.54, 1.807) is 18.2 Å². The van der Waals surface area contributed by atoms with Crippen LogP contribution in [0.3, 0.4) is 0 Å². The number of nitrogens with two attached hydrogens (primary N) is 1. The molecule has 0 saturated carbocycles. The Morgan fingerprint density at radius 2 is 1.95 bits per heavy atom. The third-order valence-corrected chi connectivity index (χ3v) is 3.69. The average Bonchev–Trinajstić information content (AvgIpc) is 2.33. The molecule has 2 N–H and O–H groups in total. The zero-order valence-corrected chi connectivity index (χ0v) is 11.4. The molecule has 0 bridgehead atoms. The van der Waals surface area contributed by atoms with Crippen LogP contribution < -0.4 is 10.5 Å². The number of hydrogen-bond acceptors (Lipinski definition) is 5. The first-order valence-corrected chi connectivity index (χ1v) is 7.47. The number of aromatic nitrogens is 1. The van der Waals surface area contributed by atoms with Gasteiger partial charge in [0, 0.05) is 12.5 Å². The Bertz CT molecular complexity index is 691. The van der Waals surface area contributed by atoms with Crippen LogP contribution in [0.25, 0.3) is 0 Å². The van der Waals surface area contributed by atoms with E-state index in [1.165, 1.54) is 12.3 Å². The van der Waals surface area contributed by atoms with E-state index in [-0.39, 0.29) is 10.8 Å². The van der Waals surface area contributed by atoms with Gasteiger partial charge in [0.05, 0.1) is 5.69 Å². The molecule has 1 heterocycles. The summed E-state index contributed by atoms with van der Waals surface area (Å²) in [5.74, 6) is 0.456. The van der Waals surface area contributed by atoms with Gasteiger partial charge in [-0.3, -0.25) is 0 Å². The number of para-hydroxylation sites is 1. The summed E-state index contributed by atoms with van der Waals surface area (Å²) in [7, 11) is -3.41. The Morgan fingerprint density at radius 1 is 1.21 bits per heavy atom.